The molecular weight excluding hydrogens is 322 g/mol. The number of rotatable bonds is 5. The van der Waals surface area contributed by atoms with Gasteiger partial charge in [-0.1, -0.05) is 5.92 Å². The van der Waals surface area contributed by atoms with Gasteiger partial charge in [0, 0.05) is 19.8 Å². The van der Waals surface area contributed by atoms with Crippen LogP contribution in [0.5, 0.6) is 0 Å². The predicted molar refractivity (Wildman–Crippen MR) is 80.4 cm³/mol. The van der Waals surface area contributed by atoms with E-state index < -0.39 is 0 Å². The SMILES string of the molecule is C#CCn1ncc(NCCc2cnn(C)c2)c(Br)c1=O. The Balaban J connectivity index is 2.02. The summed E-state index contributed by atoms with van der Waals surface area (Å²) in [6.45, 7) is 0.845. The van der Waals surface area contributed by atoms with Crippen LogP contribution in [-0.2, 0) is 20.0 Å². The number of anilines is 1. The molecule has 7 heteroatoms. The van der Waals surface area contributed by atoms with Crippen molar-refractivity contribution in [1.82, 2.24) is 19.6 Å². The molecule has 20 heavy (non-hydrogen) atoms. The van der Waals surface area contributed by atoms with Gasteiger partial charge < -0.3 is 5.32 Å². The Bertz CT molecular complexity index is 698. The van der Waals surface area contributed by atoms with E-state index in [9.17, 15) is 4.79 Å². The van der Waals surface area contributed by atoms with Crippen LogP contribution in [0.2, 0.25) is 0 Å². The topological polar surface area (TPSA) is 64.7 Å². The Labute approximate surface area is 124 Å². The van der Waals surface area contributed by atoms with Crippen LogP contribution in [0.1, 0.15) is 5.56 Å². The van der Waals surface area contributed by atoms with Gasteiger partial charge in [0.05, 0.1) is 18.1 Å². The van der Waals surface area contributed by atoms with E-state index >= 15 is 0 Å². The summed E-state index contributed by atoms with van der Waals surface area (Å²) in [7, 11) is 1.88. The molecule has 0 aromatic carbocycles. The fourth-order valence-electron chi connectivity index (χ4n) is 1.73. The number of nitrogens with one attached hydrogen (secondary N) is 1. The number of terminal acetylenes is 1. The van der Waals surface area contributed by atoms with Crippen LogP contribution in [0.25, 0.3) is 0 Å². The third kappa shape index (κ3) is 3.27. The molecule has 0 aliphatic rings. The Morgan fingerprint density at radius 2 is 2.25 bits per heavy atom. The maximum atomic E-state index is 11.9. The summed E-state index contributed by atoms with van der Waals surface area (Å²) in [5.41, 5.74) is 1.55. The van der Waals surface area contributed by atoms with E-state index in [4.69, 9.17) is 6.42 Å². The molecule has 0 saturated heterocycles. The minimum Gasteiger partial charge on any atom is -0.382 e. The lowest BCUT2D eigenvalue weighted by Crippen LogP contribution is -2.24. The average molecular weight is 336 g/mol. The van der Waals surface area contributed by atoms with Gasteiger partial charge in [-0.2, -0.15) is 10.2 Å². The zero-order valence-corrected chi connectivity index (χ0v) is 12.6. The molecule has 1 N–H and O–H groups in total. The minimum absolute atomic E-state index is 0.160. The number of hydrogen-bond acceptors (Lipinski definition) is 4. The van der Waals surface area contributed by atoms with Crippen molar-refractivity contribution in [3.63, 3.8) is 0 Å². The predicted octanol–water partition coefficient (Wildman–Crippen LogP) is 1.03. The van der Waals surface area contributed by atoms with Crippen molar-refractivity contribution in [3.8, 4) is 12.3 Å². The zero-order valence-electron chi connectivity index (χ0n) is 11.0. The molecule has 2 rings (SSSR count). The van der Waals surface area contributed by atoms with Crippen LogP contribution >= 0.6 is 15.9 Å². The summed E-state index contributed by atoms with van der Waals surface area (Å²) < 4.78 is 3.43. The Hall–Kier alpha value is -2.07. The first-order valence-electron chi connectivity index (χ1n) is 6.02. The summed E-state index contributed by atoms with van der Waals surface area (Å²) in [6.07, 6.45) is 11.4. The van der Waals surface area contributed by atoms with Crippen molar-refractivity contribution < 1.29 is 0 Å². The summed E-state index contributed by atoms with van der Waals surface area (Å²) in [4.78, 5) is 11.9. The van der Waals surface area contributed by atoms with Gasteiger partial charge in [0.25, 0.3) is 5.56 Å². The fourth-order valence-corrected chi connectivity index (χ4v) is 2.18. The van der Waals surface area contributed by atoms with Crippen LogP contribution in [0.4, 0.5) is 5.69 Å². The van der Waals surface area contributed by atoms with E-state index in [0.29, 0.717) is 16.7 Å². The van der Waals surface area contributed by atoms with Crippen LogP contribution in [0, 0.1) is 12.3 Å². The highest BCUT2D eigenvalue weighted by molar-refractivity contribution is 9.10. The molecule has 6 nitrogen and oxygen atoms in total. The standard InChI is InChI=1S/C13H14BrN5O/c1-3-6-19-13(20)12(14)11(8-17-19)15-5-4-10-7-16-18(2)9-10/h1,7-9,15H,4-6H2,2H3. The molecule has 2 heterocycles. The summed E-state index contributed by atoms with van der Waals surface area (Å²) in [6, 6.07) is 0. The monoisotopic (exact) mass is 335 g/mol. The van der Waals surface area contributed by atoms with Crippen LogP contribution in [0.15, 0.2) is 27.9 Å². The summed E-state index contributed by atoms with van der Waals surface area (Å²) in [5.74, 6) is 2.39. The lowest BCUT2D eigenvalue weighted by Gasteiger charge is -2.08. The molecule has 0 fully saturated rings. The van der Waals surface area contributed by atoms with E-state index in [0.717, 1.165) is 12.0 Å². The highest BCUT2D eigenvalue weighted by Crippen LogP contribution is 2.15. The molecular formula is C13H14BrN5O. The zero-order chi connectivity index (χ0) is 14.5. The molecule has 2 aromatic rings. The van der Waals surface area contributed by atoms with E-state index in [1.54, 1.807) is 10.9 Å². The third-order valence-corrected chi connectivity index (χ3v) is 3.48. The lowest BCUT2D eigenvalue weighted by atomic mass is 10.2. The van der Waals surface area contributed by atoms with Crippen LogP contribution < -0.4 is 10.9 Å². The molecule has 0 spiro atoms. The molecule has 0 amide bonds. The van der Waals surface area contributed by atoms with Gasteiger partial charge in [-0.25, -0.2) is 4.68 Å². The Morgan fingerprint density at radius 1 is 1.45 bits per heavy atom. The van der Waals surface area contributed by atoms with Crippen molar-refractivity contribution in [2.75, 3.05) is 11.9 Å². The third-order valence-electron chi connectivity index (χ3n) is 2.71. The van der Waals surface area contributed by atoms with Crippen molar-refractivity contribution in [3.05, 3.63) is 39.0 Å². The number of aryl methyl sites for hydroxylation is 1. The van der Waals surface area contributed by atoms with E-state index in [1.807, 2.05) is 19.4 Å². The normalized spacial score (nSPS) is 10.2. The highest BCUT2D eigenvalue weighted by Gasteiger charge is 2.07. The molecule has 0 bridgehead atoms. The van der Waals surface area contributed by atoms with E-state index in [-0.39, 0.29) is 12.1 Å². The first-order chi connectivity index (χ1) is 9.61. The van der Waals surface area contributed by atoms with Gasteiger partial charge in [-0.05, 0) is 27.9 Å². The molecule has 0 saturated carbocycles. The van der Waals surface area contributed by atoms with Gasteiger partial charge in [0.15, 0.2) is 0 Å². The van der Waals surface area contributed by atoms with E-state index in [1.165, 1.54) is 4.68 Å². The Morgan fingerprint density at radius 3 is 2.90 bits per heavy atom. The second-order valence-electron chi connectivity index (χ2n) is 4.24. The van der Waals surface area contributed by atoms with Crippen LogP contribution in [0.3, 0.4) is 0 Å². The molecule has 0 aliphatic carbocycles. The number of hydrogen-bond donors (Lipinski definition) is 1. The first-order valence-corrected chi connectivity index (χ1v) is 6.81. The van der Waals surface area contributed by atoms with Gasteiger partial charge >= 0.3 is 0 Å². The number of nitrogens with zero attached hydrogens (tertiary/aromatic N) is 4. The van der Waals surface area contributed by atoms with Crippen molar-refractivity contribution in [2.45, 2.75) is 13.0 Å². The smallest absolute Gasteiger partial charge is 0.284 e. The second kappa shape index (κ2) is 6.39. The lowest BCUT2D eigenvalue weighted by molar-refractivity contribution is 0.659. The molecule has 104 valence electrons. The van der Waals surface area contributed by atoms with Gasteiger partial charge in [0.2, 0.25) is 0 Å². The molecule has 0 radical (unpaired) electrons. The maximum absolute atomic E-state index is 11.9. The van der Waals surface area contributed by atoms with Gasteiger partial charge in [0.1, 0.15) is 11.0 Å². The van der Waals surface area contributed by atoms with Gasteiger partial charge in [-0.3, -0.25) is 9.48 Å². The van der Waals surface area contributed by atoms with Gasteiger partial charge in [-0.15, -0.1) is 6.42 Å². The maximum Gasteiger partial charge on any atom is 0.284 e. The molecule has 0 aliphatic heterocycles. The quantitative estimate of drug-likeness (QED) is 0.829. The van der Waals surface area contributed by atoms with Crippen molar-refractivity contribution in [2.24, 2.45) is 7.05 Å². The molecule has 2 aromatic heterocycles. The second-order valence-corrected chi connectivity index (χ2v) is 5.03. The first kappa shape index (κ1) is 14.3. The largest absolute Gasteiger partial charge is 0.382 e. The fraction of sp³-hybridized carbons (Fsp3) is 0.308. The summed E-state index contributed by atoms with van der Waals surface area (Å²) >= 11 is 3.27. The van der Waals surface area contributed by atoms with Crippen LogP contribution in [-0.4, -0.2) is 26.1 Å². The minimum atomic E-state index is -0.241. The van der Waals surface area contributed by atoms with E-state index in [2.05, 4.69) is 37.4 Å². The highest BCUT2D eigenvalue weighted by atomic mass is 79.9. The van der Waals surface area contributed by atoms with Crippen molar-refractivity contribution in [1.29, 1.82) is 0 Å². The number of halogens is 1. The van der Waals surface area contributed by atoms with Crippen molar-refractivity contribution >= 4 is 21.6 Å². The molecule has 0 atom stereocenters. The summed E-state index contributed by atoms with van der Waals surface area (Å²) in [5, 5.41) is 11.3. The molecule has 0 unspecified atom stereocenters. The Kier molecular flexibility index (Phi) is 4.58. The average Bonchev–Trinajstić information content (AvgIpc) is 2.84. The number of aromatic nitrogens is 4.